The highest BCUT2D eigenvalue weighted by atomic mass is 127. The van der Waals surface area contributed by atoms with Crippen LogP contribution < -0.4 is 11.1 Å². The summed E-state index contributed by atoms with van der Waals surface area (Å²) in [6.07, 6.45) is -0.813. The summed E-state index contributed by atoms with van der Waals surface area (Å²) in [6, 6.07) is 4.83. The summed E-state index contributed by atoms with van der Waals surface area (Å²) in [5.41, 5.74) is -1.24. The first-order valence-corrected chi connectivity index (χ1v) is 7.62. The Hall–Kier alpha value is -0.960. The highest BCUT2D eigenvalue weighted by Crippen LogP contribution is 2.36. The minimum Gasteiger partial charge on any atom is -0.323 e. The van der Waals surface area contributed by atoms with Crippen LogP contribution in [0.5, 0.6) is 0 Å². The summed E-state index contributed by atoms with van der Waals surface area (Å²) in [5.74, 6) is 0. The molecule has 0 radical (unpaired) electrons. The molecule has 0 aliphatic rings. The van der Waals surface area contributed by atoms with Gasteiger partial charge in [0.15, 0.2) is 0 Å². The Bertz CT molecular complexity index is 775. The maximum atomic E-state index is 11.6. The van der Waals surface area contributed by atoms with E-state index in [0.717, 1.165) is 8.14 Å². The molecule has 0 fully saturated rings. The fraction of sp³-hybridized carbons (Fsp3) is 0.111. The van der Waals surface area contributed by atoms with Crippen LogP contribution in [0.15, 0.2) is 27.8 Å². The van der Waals surface area contributed by atoms with Gasteiger partial charge in [0.2, 0.25) is 0 Å². The highest BCUT2D eigenvalue weighted by Gasteiger charge is 2.18. The van der Waals surface area contributed by atoms with Crippen molar-refractivity contribution in [3.05, 3.63) is 42.5 Å². The molecular formula is C9H8IN2O5P. The second-order valence-corrected chi connectivity index (χ2v) is 6.51. The van der Waals surface area contributed by atoms with Crippen molar-refractivity contribution >= 4 is 41.2 Å². The fourth-order valence-electron chi connectivity index (χ4n) is 1.58. The van der Waals surface area contributed by atoms with E-state index in [9.17, 15) is 14.2 Å². The first-order chi connectivity index (χ1) is 8.28. The smallest absolute Gasteiger partial charge is 0.323 e. The molecule has 1 heterocycles. The van der Waals surface area contributed by atoms with E-state index in [2.05, 4.69) is 4.98 Å². The van der Waals surface area contributed by atoms with Gasteiger partial charge in [-0.05, 0) is 40.8 Å². The summed E-state index contributed by atoms with van der Waals surface area (Å²) in [7, 11) is -4.44. The normalized spacial score (nSPS) is 11.9. The van der Waals surface area contributed by atoms with Crippen molar-refractivity contribution in [1.82, 2.24) is 9.55 Å². The summed E-state index contributed by atoms with van der Waals surface area (Å²) < 4.78 is 12.6. The van der Waals surface area contributed by atoms with Crippen LogP contribution in [0.2, 0.25) is 0 Å². The van der Waals surface area contributed by atoms with Crippen molar-refractivity contribution in [2.24, 2.45) is 0 Å². The zero-order valence-corrected chi connectivity index (χ0v) is 11.9. The minimum atomic E-state index is -4.44. The van der Waals surface area contributed by atoms with Gasteiger partial charge < -0.3 is 14.8 Å². The van der Waals surface area contributed by atoms with E-state index in [1.165, 1.54) is 6.07 Å². The Morgan fingerprint density at radius 1 is 1.33 bits per heavy atom. The minimum absolute atomic E-state index is 0.281. The topological polar surface area (TPSA) is 112 Å². The molecule has 96 valence electrons. The van der Waals surface area contributed by atoms with Crippen molar-refractivity contribution < 1.29 is 14.4 Å². The molecule has 18 heavy (non-hydrogen) atoms. The maximum Gasteiger partial charge on any atom is 0.345 e. The Morgan fingerprint density at radius 3 is 2.61 bits per heavy atom. The molecular weight excluding hydrogens is 374 g/mol. The van der Waals surface area contributed by atoms with Gasteiger partial charge in [0.05, 0.1) is 11.0 Å². The third-order valence-corrected chi connectivity index (χ3v) is 3.58. The van der Waals surface area contributed by atoms with Gasteiger partial charge in [-0.15, -0.1) is 0 Å². The van der Waals surface area contributed by atoms with Crippen LogP contribution in [0.1, 0.15) is 0 Å². The Kier molecular flexibility index (Phi) is 3.45. The first kappa shape index (κ1) is 13.5. The van der Waals surface area contributed by atoms with Crippen LogP contribution in [0.3, 0.4) is 0 Å². The van der Waals surface area contributed by atoms with Crippen molar-refractivity contribution in [2.45, 2.75) is 6.29 Å². The second kappa shape index (κ2) is 4.61. The molecule has 0 saturated heterocycles. The number of fused-ring (bicyclic) bond motifs is 1. The molecule has 9 heteroatoms. The summed E-state index contributed by atoms with van der Waals surface area (Å²) in [5, 5.41) is 0. The number of aromatic amines is 1. The van der Waals surface area contributed by atoms with E-state index < -0.39 is 25.0 Å². The van der Waals surface area contributed by atoms with E-state index >= 15 is 0 Å². The van der Waals surface area contributed by atoms with E-state index in [4.69, 9.17) is 9.79 Å². The van der Waals surface area contributed by atoms with Crippen molar-refractivity contribution in [2.75, 3.05) is 0 Å². The second-order valence-electron chi connectivity index (χ2n) is 3.65. The van der Waals surface area contributed by atoms with Crippen LogP contribution in [0.25, 0.3) is 11.0 Å². The molecule has 0 bridgehead atoms. The molecule has 0 spiro atoms. The predicted octanol–water partition coefficient (Wildman–Crippen LogP) is 0.430. The number of nitrogens with zero attached hydrogens (tertiary/aromatic N) is 1. The zero-order chi connectivity index (χ0) is 13.5. The van der Waals surface area contributed by atoms with Gasteiger partial charge in [-0.2, -0.15) is 0 Å². The van der Waals surface area contributed by atoms with Crippen LogP contribution in [-0.2, 0) is 10.9 Å². The van der Waals surface area contributed by atoms with Crippen LogP contribution in [0, 0.1) is 3.57 Å². The van der Waals surface area contributed by atoms with Gasteiger partial charge >= 0.3 is 18.7 Å². The lowest BCUT2D eigenvalue weighted by molar-refractivity contribution is 0.362. The number of halogens is 1. The quantitative estimate of drug-likeness (QED) is 0.396. The van der Waals surface area contributed by atoms with Crippen LogP contribution in [-0.4, -0.2) is 19.3 Å². The molecule has 0 aliphatic heterocycles. The van der Waals surface area contributed by atoms with Gasteiger partial charge in [0.25, 0.3) is 0 Å². The lowest BCUT2D eigenvalue weighted by atomic mass is 10.3. The first-order valence-electron chi connectivity index (χ1n) is 4.75. The monoisotopic (exact) mass is 382 g/mol. The van der Waals surface area contributed by atoms with Gasteiger partial charge in [-0.3, -0.25) is 18.7 Å². The summed E-state index contributed by atoms with van der Waals surface area (Å²) >= 11 is 2.03. The number of benzene rings is 1. The van der Waals surface area contributed by atoms with Crippen molar-refractivity contribution in [3.8, 4) is 0 Å². The molecule has 0 saturated carbocycles. The van der Waals surface area contributed by atoms with Crippen LogP contribution >= 0.6 is 30.2 Å². The third-order valence-electron chi connectivity index (χ3n) is 2.26. The average molecular weight is 382 g/mol. The van der Waals surface area contributed by atoms with Crippen molar-refractivity contribution in [1.29, 1.82) is 0 Å². The van der Waals surface area contributed by atoms with Crippen molar-refractivity contribution in [3.63, 3.8) is 0 Å². The molecule has 1 aromatic carbocycles. The predicted molar refractivity (Wildman–Crippen MR) is 73.6 cm³/mol. The molecule has 0 aliphatic carbocycles. The zero-order valence-electron chi connectivity index (χ0n) is 8.83. The maximum absolute atomic E-state index is 11.6. The fourth-order valence-corrected chi connectivity index (χ4v) is 2.72. The lowest BCUT2D eigenvalue weighted by Gasteiger charge is -2.10. The molecule has 0 atom stereocenters. The molecule has 2 rings (SSSR count). The van der Waals surface area contributed by atoms with E-state index in [0.29, 0.717) is 5.52 Å². The van der Waals surface area contributed by atoms with E-state index in [1.807, 2.05) is 22.6 Å². The standard InChI is InChI=1S/C9H8IN2O5P/c10-5-1-2-7-6(3-5)11-8(13)9(14)12(7)4-18(15,16)17/h1-3H,4H2,(H,11,13)(H2,15,16,17). The number of nitrogens with one attached hydrogen (secondary N) is 1. The third kappa shape index (κ3) is 2.72. The molecule has 0 unspecified atom stereocenters. The number of rotatable bonds is 2. The Morgan fingerprint density at radius 2 is 2.00 bits per heavy atom. The molecule has 1 aromatic heterocycles. The molecule has 7 nitrogen and oxygen atoms in total. The van der Waals surface area contributed by atoms with Gasteiger partial charge in [0.1, 0.15) is 6.29 Å². The van der Waals surface area contributed by atoms with Gasteiger partial charge in [-0.25, -0.2) is 0 Å². The SMILES string of the molecule is O=c1[nH]c2cc(I)ccc2n(CP(=O)(O)O)c1=O. The Balaban J connectivity index is 2.85. The molecule has 0 amide bonds. The van der Waals surface area contributed by atoms with E-state index in [1.54, 1.807) is 12.1 Å². The number of H-pyrrole nitrogens is 1. The van der Waals surface area contributed by atoms with E-state index in [-0.39, 0.29) is 5.52 Å². The number of hydrogen-bond donors (Lipinski definition) is 3. The summed E-state index contributed by atoms with van der Waals surface area (Å²) in [4.78, 5) is 43.3. The number of aromatic nitrogens is 2. The lowest BCUT2D eigenvalue weighted by Crippen LogP contribution is -2.36. The Labute approximate surface area is 114 Å². The number of hydrogen-bond acceptors (Lipinski definition) is 3. The highest BCUT2D eigenvalue weighted by molar-refractivity contribution is 14.1. The van der Waals surface area contributed by atoms with Gasteiger partial charge in [-0.1, -0.05) is 0 Å². The molecule has 3 N–H and O–H groups in total. The average Bonchev–Trinajstić information content (AvgIpc) is 2.23. The summed E-state index contributed by atoms with van der Waals surface area (Å²) in [6.45, 7) is 0. The largest absolute Gasteiger partial charge is 0.345 e. The van der Waals surface area contributed by atoms with Gasteiger partial charge in [0, 0.05) is 3.57 Å². The van der Waals surface area contributed by atoms with Crippen LogP contribution in [0.4, 0.5) is 0 Å². The molecule has 2 aromatic rings.